The van der Waals surface area contributed by atoms with E-state index in [1.165, 1.54) is 35.0 Å². The van der Waals surface area contributed by atoms with Gasteiger partial charge in [-0.3, -0.25) is 0 Å². The molecule has 0 aliphatic carbocycles. The Morgan fingerprint density at radius 3 is 1.38 bits per heavy atom. The topological polar surface area (TPSA) is 39.4 Å². The lowest BCUT2D eigenvalue weighted by Crippen LogP contribution is -2.74. The summed E-state index contributed by atoms with van der Waals surface area (Å²) >= 11 is 3.35. The smallest absolute Gasteiger partial charge is 0.339 e. The Morgan fingerprint density at radius 1 is 0.590 bits per heavy atom. The van der Waals surface area contributed by atoms with Crippen LogP contribution in [-0.4, -0.2) is 13.3 Å². The van der Waals surface area contributed by atoms with E-state index in [0.717, 1.165) is 10.3 Å². The van der Waals surface area contributed by atoms with Gasteiger partial charge in [0.15, 0.2) is 4.90 Å². The van der Waals surface area contributed by atoms with Gasteiger partial charge in [0.2, 0.25) is 0 Å². The Balaban J connectivity index is 0.000000186. The van der Waals surface area contributed by atoms with Crippen molar-refractivity contribution < 1.29 is 9.15 Å². The predicted molar refractivity (Wildman–Crippen MR) is 168 cm³/mol. The Hall–Kier alpha value is -4.48. The minimum absolute atomic E-state index is 0.411. The third-order valence-electron chi connectivity index (χ3n) is 7.12. The molecule has 0 bridgehead atoms. The second-order valence-electron chi connectivity index (χ2n) is 9.35. The number of hydrogen-bond acceptors (Lipinski definition) is 3. The number of benzene rings is 5. The van der Waals surface area contributed by atoms with Crippen LogP contribution in [0.2, 0.25) is 0 Å². The normalized spacial score (nSPS) is 10.9. The molecule has 0 saturated heterocycles. The van der Waals surface area contributed by atoms with Crippen LogP contribution >= 0.6 is 0 Å². The van der Waals surface area contributed by atoms with E-state index in [-0.39, 0.29) is 0 Å². The molecule has 0 aliphatic heterocycles. The van der Waals surface area contributed by atoms with Crippen molar-refractivity contribution >= 4 is 51.6 Å². The highest BCUT2D eigenvalue weighted by molar-refractivity contribution is 7.58. The van der Waals surface area contributed by atoms with Gasteiger partial charge in [-0.25, -0.2) is 4.79 Å². The molecule has 0 N–H and O–H groups in total. The van der Waals surface area contributed by atoms with Gasteiger partial charge in [0.1, 0.15) is 17.5 Å². The first kappa shape index (κ1) is 26.1. The van der Waals surface area contributed by atoms with Gasteiger partial charge in [0, 0.05) is 6.07 Å². The molecule has 0 aliphatic rings. The molecule has 0 spiro atoms. The highest BCUT2D eigenvalue weighted by atomic mass is 32.1. The van der Waals surface area contributed by atoms with E-state index in [1.807, 2.05) is 12.1 Å². The second-order valence-corrected chi connectivity index (χ2v) is 9.93. The lowest BCUT2D eigenvalue weighted by molar-refractivity contribution is 0.413. The molecule has 3 nitrogen and oxygen atoms in total. The molecule has 0 amide bonds. The third kappa shape index (κ3) is 5.40. The summed E-state index contributed by atoms with van der Waals surface area (Å²) in [4.78, 5) is 12.0. The van der Waals surface area contributed by atoms with Gasteiger partial charge in [-0.05, 0) is 24.8 Å². The van der Waals surface area contributed by atoms with Crippen molar-refractivity contribution in [2.45, 2.75) is 4.90 Å². The summed E-state index contributed by atoms with van der Waals surface area (Å²) in [7, 11) is 1.52. The second kappa shape index (κ2) is 11.9. The molecule has 1 aromatic heterocycles. The van der Waals surface area contributed by atoms with Crippen molar-refractivity contribution in [3.05, 3.63) is 156 Å². The average molecular weight is 528 g/mol. The lowest BCUT2D eigenvalue weighted by atomic mass is 9.13. The SMILES string of the molecule is COc1cc(=O)oc2cc([SH2+])ccc12.c1ccc([B-](c2ccccc2)(c2ccccc2)c2ccccc2)cc1. The molecule has 0 fully saturated rings. The van der Waals surface area contributed by atoms with Crippen molar-refractivity contribution in [1.82, 2.24) is 0 Å². The minimum atomic E-state index is -1.22. The van der Waals surface area contributed by atoms with Crippen molar-refractivity contribution in [1.29, 1.82) is 0 Å². The van der Waals surface area contributed by atoms with Crippen LogP contribution in [0.5, 0.6) is 5.75 Å². The first-order valence-corrected chi connectivity index (χ1v) is 13.3. The summed E-state index contributed by atoms with van der Waals surface area (Å²) in [5.74, 6) is 0.530. The number of hydrogen-bond donors (Lipinski definition) is 0. The van der Waals surface area contributed by atoms with Crippen LogP contribution in [0.25, 0.3) is 11.0 Å². The molecule has 0 atom stereocenters. The molecule has 5 heteroatoms. The summed E-state index contributed by atoms with van der Waals surface area (Å²) in [5.41, 5.74) is 5.46. The van der Waals surface area contributed by atoms with Crippen LogP contribution in [0.15, 0.2) is 160 Å². The van der Waals surface area contributed by atoms with Crippen LogP contribution in [-0.2, 0) is 12.6 Å². The van der Waals surface area contributed by atoms with Gasteiger partial charge >= 0.3 is 5.63 Å². The monoisotopic (exact) mass is 528 g/mol. The van der Waals surface area contributed by atoms with E-state index < -0.39 is 11.8 Å². The van der Waals surface area contributed by atoms with Crippen LogP contribution in [0, 0.1) is 0 Å². The zero-order valence-corrected chi connectivity index (χ0v) is 22.7. The zero-order valence-electron chi connectivity index (χ0n) is 21.7. The highest BCUT2D eigenvalue weighted by Crippen LogP contribution is 2.24. The van der Waals surface area contributed by atoms with E-state index in [2.05, 4.69) is 134 Å². The number of rotatable bonds is 5. The number of fused-ring (bicyclic) bond motifs is 1. The highest BCUT2D eigenvalue weighted by Gasteiger charge is 2.31. The van der Waals surface area contributed by atoms with Crippen LogP contribution < -0.4 is 32.2 Å². The molecule has 0 unspecified atom stereocenters. The molecule has 192 valence electrons. The van der Waals surface area contributed by atoms with Gasteiger partial charge < -0.3 is 9.15 Å². The maximum absolute atomic E-state index is 11.1. The van der Waals surface area contributed by atoms with Crippen LogP contribution in [0.1, 0.15) is 0 Å². The molecule has 5 aromatic carbocycles. The van der Waals surface area contributed by atoms with Gasteiger partial charge in [0.25, 0.3) is 0 Å². The molecular weight excluding hydrogens is 499 g/mol. The molecule has 6 rings (SSSR count). The minimum Gasteiger partial charge on any atom is -0.496 e. The Bertz CT molecular complexity index is 1540. The fourth-order valence-electron chi connectivity index (χ4n) is 5.42. The summed E-state index contributed by atoms with van der Waals surface area (Å²) < 4.78 is 10.1. The summed E-state index contributed by atoms with van der Waals surface area (Å²) in [6, 6.07) is 50.3. The number of ether oxygens (including phenoxy) is 1. The van der Waals surface area contributed by atoms with Crippen LogP contribution in [0.4, 0.5) is 0 Å². The lowest BCUT2D eigenvalue weighted by Gasteiger charge is -2.44. The molecular formula is C34H29BO3S. The first-order chi connectivity index (χ1) is 19.1. The van der Waals surface area contributed by atoms with Crippen molar-refractivity contribution in [3.8, 4) is 5.75 Å². The largest absolute Gasteiger partial charge is 0.496 e. The Kier molecular flexibility index (Phi) is 8.00. The average Bonchev–Trinajstić information content (AvgIpc) is 2.99. The summed E-state index contributed by atoms with van der Waals surface area (Å²) in [6.45, 7) is 0. The van der Waals surface area contributed by atoms with E-state index in [4.69, 9.17) is 9.15 Å². The van der Waals surface area contributed by atoms with Gasteiger partial charge in [-0.2, -0.15) is 21.9 Å². The van der Waals surface area contributed by atoms with Gasteiger partial charge in [-0.1, -0.05) is 121 Å². The Labute approximate surface area is 234 Å². The fourth-order valence-corrected chi connectivity index (χ4v) is 5.64. The van der Waals surface area contributed by atoms with Crippen molar-refractivity contribution in [3.63, 3.8) is 0 Å². The van der Waals surface area contributed by atoms with E-state index in [1.54, 1.807) is 6.07 Å². The molecule has 0 saturated carbocycles. The summed E-state index contributed by atoms with van der Waals surface area (Å²) in [5, 5.41) is 0.786. The van der Waals surface area contributed by atoms with Gasteiger partial charge in [-0.15, -0.1) is 0 Å². The quantitative estimate of drug-likeness (QED) is 0.191. The molecule has 0 radical (unpaired) electrons. The van der Waals surface area contributed by atoms with Gasteiger partial charge in [0.05, 0.1) is 18.6 Å². The Morgan fingerprint density at radius 2 is 1.00 bits per heavy atom. The molecule has 6 aromatic rings. The van der Waals surface area contributed by atoms with E-state index >= 15 is 0 Å². The van der Waals surface area contributed by atoms with Crippen molar-refractivity contribution in [2.24, 2.45) is 0 Å². The predicted octanol–water partition coefficient (Wildman–Crippen LogP) is 4.24. The fraction of sp³-hybridized carbons (Fsp3) is 0.0294. The maximum Gasteiger partial charge on any atom is 0.339 e. The van der Waals surface area contributed by atoms with E-state index in [0.29, 0.717) is 11.3 Å². The third-order valence-corrected chi connectivity index (χ3v) is 7.44. The maximum atomic E-state index is 11.1. The molecule has 39 heavy (non-hydrogen) atoms. The first-order valence-electron chi connectivity index (χ1n) is 12.8. The standard InChI is InChI=1S/C24H20B.C10H8O3S/c1-5-13-21(14-6-1)25(22-15-7-2-8-16-22,23-17-9-3-10-18-23)24-19-11-4-12-20-24;1-12-8-5-10(11)13-9-4-6(14)2-3-7(8)9/h1-20H;2-5,14H,1H3/q-1;/p+1. The number of methoxy groups -OCH3 is 1. The zero-order chi connectivity index (χ0) is 27.1. The van der Waals surface area contributed by atoms with Crippen LogP contribution in [0.3, 0.4) is 0 Å². The molecule has 1 heterocycles. The van der Waals surface area contributed by atoms with E-state index in [9.17, 15) is 4.79 Å². The summed E-state index contributed by atoms with van der Waals surface area (Å²) in [6.07, 6.45) is -1.22. The van der Waals surface area contributed by atoms with Crippen molar-refractivity contribution in [2.75, 3.05) is 7.11 Å².